The molecule has 2 aliphatic rings. The maximum absolute atomic E-state index is 12.3. The van der Waals surface area contributed by atoms with Crippen molar-refractivity contribution in [2.75, 3.05) is 6.54 Å². The smallest absolute Gasteiger partial charge is 0.226 e. The van der Waals surface area contributed by atoms with Gasteiger partial charge in [0.05, 0.1) is 6.04 Å². The van der Waals surface area contributed by atoms with Crippen molar-refractivity contribution >= 4 is 5.91 Å². The van der Waals surface area contributed by atoms with E-state index < -0.39 is 0 Å². The predicted octanol–water partition coefficient (Wildman–Crippen LogP) is 2.45. The fourth-order valence-corrected chi connectivity index (χ4v) is 2.77. The van der Waals surface area contributed by atoms with Crippen LogP contribution in [-0.2, 0) is 4.79 Å². The van der Waals surface area contributed by atoms with Crippen LogP contribution in [0.25, 0.3) is 0 Å². The molecule has 0 aromatic carbocycles. The zero-order chi connectivity index (χ0) is 11.8. The molecule has 4 nitrogen and oxygen atoms in total. The molecule has 0 spiro atoms. The van der Waals surface area contributed by atoms with Crippen molar-refractivity contribution in [2.45, 2.75) is 45.1 Å². The second-order valence-electron chi connectivity index (χ2n) is 5.18. The molecule has 17 heavy (non-hydrogen) atoms. The van der Waals surface area contributed by atoms with E-state index in [1.54, 1.807) is 0 Å². The minimum atomic E-state index is 0.153. The van der Waals surface area contributed by atoms with E-state index in [0.29, 0.717) is 5.91 Å². The summed E-state index contributed by atoms with van der Waals surface area (Å²) in [6.45, 7) is 2.77. The van der Waals surface area contributed by atoms with Crippen molar-refractivity contribution < 1.29 is 9.32 Å². The molecule has 4 heteroatoms. The zero-order valence-corrected chi connectivity index (χ0v) is 10.2. The highest BCUT2D eigenvalue weighted by Crippen LogP contribution is 2.36. The van der Waals surface area contributed by atoms with Crippen LogP contribution in [0.2, 0.25) is 0 Å². The Hall–Kier alpha value is -1.32. The molecule has 1 aromatic rings. The van der Waals surface area contributed by atoms with Crippen molar-refractivity contribution in [3.05, 3.63) is 17.5 Å². The Morgan fingerprint density at radius 3 is 2.82 bits per heavy atom. The highest BCUT2D eigenvalue weighted by atomic mass is 16.5. The van der Waals surface area contributed by atoms with Gasteiger partial charge >= 0.3 is 0 Å². The topological polar surface area (TPSA) is 46.3 Å². The molecule has 1 atom stereocenters. The number of amides is 1. The maximum Gasteiger partial charge on any atom is 0.226 e. The quantitative estimate of drug-likeness (QED) is 0.789. The van der Waals surface area contributed by atoms with Crippen molar-refractivity contribution in [3.8, 4) is 0 Å². The first-order chi connectivity index (χ1) is 8.25. The van der Waals surface area contributed by atoms with Gasteiger partial charge in [-0.25, -0.2) is 0 Å². The number of aryl methyl sites for hydroxylation is 1. The van der Waals surface area contributed by atoms with Gasteiger partial charge in [-0.1, -0.05) is 11.6 Å². The van der Waals surface area contributed by atoms with E-state index in [0.717, 1.165) is 43.7 Å². The third-order valence-corrected chi connectivity index (χ3v) is 3.98. The number of aromatic nitrogens is 1. The Bertz CT molecular complexity index is 423. The predicted molar refractivity (Wildman–Crippen MR) is 62.3 cm³/mol. The highest BCUT2D eigenvalue weighted by molar-refractivity contribution is 5.80. The van der Waals surface area contributed by atoms with Gasteiger partial charge in [-0.05, 0) is 32.6 Å². The number of nitrogens with zero attached hydrogens (tertiary/aromatic N) is 2. The van der Waals surface area contributed by atoms with Crippen LogP contribution in [0.5, 0.6) is 0 Å². The highest BCUT2D eigenvalue weighted by Gasteiger charge is 2.37. The van der Waals surface area contributed by atoms with Crippen LogP contribution in [0.1, 0.15) is 49.6 Å². The summed E-state index contributed by atoms with van der Waals surface area (Å²) >= 11 is 0. The molecule has 0 bridgehead atoms. The molecule has 0 unspecified atom stereocenters. The normalized spacial score (nSPS) is 25.0. The lowest BCUT2D eigenvalue weighted by Crippen LogP contribution is -2.38. The molecule has 1 amide bonds. The van der Waals surface area contributed by atoms with Gasteiger partial charge in [0, 0.05) is 18.5 Å². The van der Waals surface area contributed by atoms with Crippen LogP contribution in [0.4, 0.5) is 0 Å². The second-order valence-corrected chi connectivity index (χ2v) is 5.18. The number of likely N-dealkylation sites (tertiary alicyclic amines) is 1. The lowest BCUT2D eigenvalue weighted by atomic mass is 9.84. The van der Waals surface area contributed by atoms with E-state index >= 15 is 0 Å². The largest absolute Gasteiger partial charge is 0.361 e. The Kier molecular flexibility index (Phi) is 2.65. The third-order valence-electron chi connectivity index (χ3n) is 3.98. The Morgan fingerprint density at radius 1 is 1.41 bits per heavy atom. The minimum Gasteiger partial charge on any atom is -0.361 e. The minimum absolute atomic E-state index is 0.153. The molecule has 3 rings (SSSR count). The van der Waals surface area contributed by atoms with Gasteiger partial charge in [0.1, 0.15) is 11.5 Å². The molecular weight excluding hydrogens is 216 g/mol. The Morgan fingerprint density at radius 2 is 2.24 bits per heavy atom. The van der Waals surface area contributed by atoms with E-state index in [9.17, 15) is 4.79 Å². The zero-order valence-electron chi connectivity index (χ0n) is 10.2. The van der Waals surface area contributed by atoms with Crippen molar-refractivity contribution in [1.29, 1.82) is 0 Å². The van der Waals surface area contributed by atoms with Crippen LogP contribution >= 0.6 is 0 Å². The molecular formula is C13H18N2O2. The molecule has 0 N–H and O–H groups in total. The lowest BCUT2D eigenvalue weighted by molar-refractivity contribution is -0.139. The van der Waals surface area contributed by atoms with E-state index in [4.69, 9.17) is 4.52 Å². The summed E-state index contributed by atoms with van der Waals surface area (Å²) in [5.41, 5.74) is 0.924. The third kappa shape index (κ3) is 1.85. The van der Waals surface area contributed by atoms with Crippen molar-refractivity contribution in [2.24, 2.45) is 5.92 Å². The number of carbonyl (C=O) groups is 1. The summed E-state index contributed by atoms with van der Waals surface area (Å²) in [5.74, 6) is 1.44. The van der Waals surface area contributed by atoms with E-state index in [-0.39, 0.29) is 12.0 Å². The summed E-state index contributed by atoms with van der Waals surface area (Å²) < 4.78 is 5.12. The molecule has 1 saturated heterocycles. The first-order valence-electron chi connectivity index (χ1n) is 6.49. The maximum atomic E-state index is 12.3. The monoisotopic (exact) mass is 234 g/mol. The van der Waals surface area contributed by atoms with Crippen LogP contribution in [0.15, 0.2) is 10.6 Å². The Balaban J connectivity index is 1.77. The number of hydrogen-bond donors (Lipinski definition) is 0. The first-order valence-corrected chi connectivity index (χ1v) is 6.49. The van der Waals surface area contributed by atoms with E-state index in [1.165, 1.54) is 6.42 Å². The lowest BCUT2D eigenvalue weighted by Gasteiger charge is -2.32. The Labute approximate surface area is 101 Å². The van der Waals surface area contributed by atoms with Crippen LogP contribution in [-0.4, -0.2) is 22.5 Å². The summed E-state index contributed by atoms with van der Waals surface area (Å²) in [4.78, 5) is 14.3. The number of hydrogen-bond acceptors (Lipinski definition) is 3. The van der Waals surface area contributed by atoms with Crippen LogP contribution in [0, 0.1) is 12.8 Å². The van der Waals surface area contributed by atoms with Gasteiger partial charge in [-0.3, -0.25) is 4.79 Å². The molecule has 1 saturated carbocycles. The summed E-state index contributed by atoms with van der Waals surface area (Å²) in [5, 5.41) is 4.06. The fourth-order valence-electron chi connectivity index (χ4n) is 2.77. The average molecular weight is 234 g/mol. The van der Waals surface area contributed by atoms with E-state index in [2.05, 4.69) is 5.16 Å². The molecule has 1 aliphatic heterocycles. The van der Waals surface area contributed by atoms with Crippen molar-refractivity contribution in [1.82, 2.24) is 10.1 Å². The van der Waals surface area contributed by atoms with Crippen LogP contribution < -0.4 is 0 Å². The standard InChI is InChI=1S/C13H18N2O2/c1-9-8-11(14-17-9)12-6-3-7-15(12)13(16)10-4-2-5-10/h8,10,12H,2-7H2,1H3/t12-/m1/s1. The van der Waals surface area contributed by atoms with Gasteiger partial charge in [0.25, 0.3) is 0 Å². The average Bonchev–Trinajstić information content (AvgIpc) is 2.81. The fraction of sp³-hybridized carbons (Fsp3) is 0.692. The van der Waals surface area contributed by atoms with Gasteiger partial charge < -0.3 is 9.42 Å². The summed E-state index contributed by atoms with van der Waals surface area (Å²) in [7, 11) is 0. The molecule has 1 aromatic heterocycles. The molecule has 92 valence electrons. The van der Waals surface area contributed by atoms with Crippen LogP contribution in [0.3, 0.4) is 0 Å². The van der Waals surface area contributed by atoms with Gasteiger partial charge in [-0.2, -0.15) is 0 Å². The van der Waals surface area contributed by atoms with Gasteiger partial charge in [-0.15, -0.1) is 0 Å². The van der Waals surface area contributed by atoms with Gasteiger partial charge in [0.15, 0.2) is 0 Å². The van der Waals surface area contributed by atoms with Gasteiger partial charge in [0.2, 0.25) is 5.91 Å². The SMILES string of the molecule is Cc1cc([C@H]2CCCN2C(=O)C2CCC2)no1. The molecule has 2 fully saturated rings. The molecule has 2 heterocycles. The molecule has 0 radical (unpaired) electrons. The first kappa shape index (κ1) is 10.8. The number of rotatable bonds is 2. The summed E-state index contributed by atoms with van der Waals surface area (Å²) in [6.07, 6.45) is 5.44. The summed E-state index contributed by atoms with van der Waals surface area (Å²) in [6, 6.07) is 2.11. The van der Waals surface area contributed by atoms with Crippen molar-refractivity contribution in [3.63, 3.8) is 0 Å². The number of carbonyl (C=O) groups excluding carboxylic acids is 1. The molecule has 1 aliphatic carbocycles. The van der Waals surface area contributed by atoms with E-state index in [1.807, 2.05) is 17.9 Å². The second kappa shape index (κ2) is 4.17.